The minimum Gasteiger partial charge on any atom is -0.453 e. The Kier molecular flexibility index (Phi) is 17.5. The molecule has 0 aromatic rings. The van der Waals surface area contributed by atoms with Gasteiger partial charge in [-0.05, 0) is 32.1 Å². The molecular formula is C20H39NO3. The van der Waals surface area contributed by atoms with E-state index in [2.05, 4.69) is 29.1 Å². The van der Waals surface area contributed by atoms with Crippen molar-refractivity contribution in [2.24, 2.45) is 0 Å². The van der Waals surface area contributed by atoms with Crippen LogP contribution in [0.1, 0.15) is 84.0 Å². The minimum atomic E-state index is -0.333. The van der Waals surface area contributed by atoms with Crippen molar-refractivity contribution in [1.29, 1.82) is 0 Å². The van der Waals surface area contributed by atoms with E-state index in [1.54, 1.807) is 0 Å². The number of nitrogens with one attached hydrogen (secondary N) is 1. The first-order chi connectivity index (χ1) is 11.7. The van der Waals surface area contributed by atoms with Crippen LogP contribution in [0.4, 0.5) is 4.79 Å². The number of allylic oxidation sites excluding steroid dienone is 1. The van der Waals surface area contributed by atoms with Crippen molar-refractivity contribution < 1.29 is 14.3 Å². The molecule has 0 aliphatic heterocycles. The lowest BCUT2D eigenvalue weighted by Crippen LogP contribution is -2.23. The van der Waals surface area contributed by atoms with Crippen LogP contribution < -0.4 is 5.32 Å². The molecule has 0 bridgehead atoms. The van der Waals surface area contributed by atoms with Crippen LogP contribution in [0.3, 0.4) is 0 Å². The molecule has 1 amide bonds. The van der Waals surface area contributed by atoms with Gasteiger partial charge in [0, 0.05) is 13.7 Å². The van der Waals surface area contributed by atoms with E-state index in [9.17, 15) is 4.79 Å². The first-order valence-corrected chi connectivity index (χ1v) is 9.74. The topological polar surface area (TPSA) is 47.6 Å². The predicted octanol–water partition coefficient (Wildman–Crippen LogP) is 5.61. The van der Waals surface area contributed by atoms with Crippen molar-refractivity contribution in [1.82, 2.24) is 5.32 Å². The van der Waals surface area contributed by atoms with Crippen molar-refractivity contribution in [3.63, 3.8) is 0 Å². The summed E-state index contributed by atoms with van der Waals surface area (Å²) in [4.78, 5) is 10.9. The van der Waals surface area contributed by atoms with Crippen LogP contribution in [-0.4, -0.2) is 33.0 Å². The van der Waals surface area contributed by atoms with E-state index in [-0.39, 0.29) is 6.09 Å². The Morgan fingerprint density at radius 3 is 2.38 bits per heavy atom. The van der Waals surface area contributed by atoms with E-state index in [0.29, 0.717) is 12.6 Å². The molecule has 4 nitrogen and oxygen atoms in total. The summed E-state index contributed by atoms with van der Waals surface area (Å²) in [5.41, 5.74) is 0. The highest BCUT2D eigenvalue weighted by Crippen LogP contribution is 2.12. The smallest absolute Gasteiger partial charge is 0.406 e. The Morgan fingerprint density at radius 1 is 0.958 bits per heavy atom. The van der Waals surface area contributed by atoms with Gasteiger partial charge in [-0.1, -0.05) is 64.0 Å². The third kappa shape index (κ3) is 15.9. The van der Waals surface area contributed by atoms with Crippen LogP contribution >= 0.6 is 0 Å². The Morgan fingerprint density at radius 2 is 1.67 bits per heavy atom. The third-order valence-electron chi connectivity index (χ3n) is 4.28. The van der Waals surface area contributed by atoms with Gasteiger partial charge in [-0.15, -0.1) is 0 Å². The largest absolute Gasteiger partial charge is 0.453 e. The zero-order valence-electron chi connectivity index (χ0n) is 16.1. The van der Waals surface area contributed by atoms with E-state index in [0.717, 1.165) is 25.7 Å². The molecule has 142 valence electrons. The second-order valence-corrected chi connectivity index (χ2v) is 6.39. The molecule has 4 heteroatoms. The normalized spacial score (nSPS) is 12.5. The van der Waals surface area contributed by atoms with Gasteiger partial charge in [0.1, 0.15) is 0 Å². The predicted molar refractivity (Wildman–Crippen MR) is 101 cm³/mol. The number of hydrogen-bond donors (Lipinski definition) is 1. The molecule has 1 N–H and O–H groups in total. The lowest BCUT2D eigenvalue weighted by atomic mass is 10.1. The zero-order valence-corrected chi connectivity index (χ0v) is 16.1. The summed E-state index contributed by atoms with van der Waals surface area (Å²) in [6.45, 7) is 2.96. The Balaban J connectivity index is 3.39. The summed E-state index contributed by atoms with van der Waals surface area (Å²) < 4.78 is 10.1. The first-order valence-electron chi connectivity index (χ1n) is 9.74. The molecule has 0 fully saturated rings. The van der Waals surface area contributed by atoms with Crippen molar-refractivity contribution in [3.05, 3.63) is 12.2 Å². The molecule has 0 aliphatic rings. The monoisotopic (exact) mass is 341 g/mol. The molecule has 24 heavy (non-hydrogen) atoms. The SMILES string of the molecule is CCCCCCC(C/C=C\CCCCCCCNC(=O)OC)OC. The van der Waals surface area contributed by atoms with Crippen LogP contribution in [-0.2, 0) is 9.47 Å². The van der Waals surface area contributed by atoms with Crippen LogP contribution in [0.2, 0.25) is 0 Å². The average molecular weight is 342 g/mol. The fraction of sp³-hybridized carbons (Fsp3) is 0.850. The van der Waals surface area contributed by atoms with Crippen LogP contribution in [0.5, 0.6) is 0 Å². The van der Waals surface area contributed by atoms with Gasteiger partial charge in [0.05, 0.1) is 13.2 Å². The van der Waals surface area contributed by atoms with Gasteiger partial charge in [-0.2, -0.15) is 0 Å². The second kappa shape index (κ2) is 18.3. The Bertz CT molecular complexity index is 305. The third-order valence-corrected chi connectivity index (χ3v) is 4.28. The quantitative estimate of drug-likeness (QED) is 0.293. The highest BCUT2D eigenvalue weighted by molar-refractivity contribution is 5.66. The number of alkyl carbamates (subject to hydrolysis) is 1. The van der Waals surface area contributed by atoms with Crippen LogP contribution in [0.15, 0.2) is 12.2 Å². The summed E-state index contributed by atoms with van der Waals surface area (Å²) in [5.74, 6) is 0. The molecule has 0 saturated heterocycles. The molecule has 0 aromatic carbocycles. The molecule has 0 spiro atoms. The van der Waals surface area contributed by atoms with E-state index in [1.165, 1.54) is 58.5 Å². The van der Waals surface area contributed by atoms with Crippen molar-refractivity contribution in [2.75, 3.05) is 20.8 Å². The van der Waals surface area contributed by atoms with Crippen molar-refractivity contribution in [2.45, 2.75) is 90.1 Å². The zero-order chi connectivity index (χ0) is 17.9. The van der Waals surface area contributed by atoms with Gasteiger partial charge in [-0.3, -0.25) is 0 Å². The number of rotatable bonds is 16. The number of hydrogen-bond acceptors (Lipinski definition) is 3. The number of carbonyl (C=O) groups excluding carboxylic acids is 1. The van der Waals surface area contributed by atoms with Crippen molar-refractivity contribution >= 4 is 6.09 Å². The fourth-order valence-electron chi connectivity index (χ4n) is 2.68. The molecule has 0 aliphatic carbocycles. The molecule has 0 saturated carbocycles. The second-order valence-electron chi connectivity index (χ2n) is 6.39. The van der Waals surface area contributed by atoms with Gasteiger partial charge in [0.2, 0.25) is 0 Å². The maximum Gasteiger partial charge on any atom is 0.406 e. The summed E-state index contributed by atoms with van der Waals surface area (Å²) in [6.07, 6.45) is 19.2. The lowest BCUT2D eigenvalue weighted by Gasteiger charge is -2.12. The maximum atomic E-state index is 10.9. The highest BCUT2D eigenvalue weighted by atomic mass is 16.5. The minimum absolute atomic E-state index is 0.333. The van der Waals surface area contributed by atoms with Crippen molar-refractivity contribution in [3.8, 4) is 0 Å². The molecule has 1 unspecified atom stereocenters. The first kappa shape index (κ1) is 23.0. The van der Waals surface area contributed by atoms with E-state index < -0.39 is 0 Å². The van der Waals surface area contributed by atoms with E-state index in [1.807, 2.05) is 7.11 Å². The fourth-order valence-corrected chi connectivity index (χ4v) is 2.68. The summed E-state index contributed by atoms with van der Waals surface area (Å²) in [7, 11) is 3.22. The van der Waals surface area contributed by atoms with E-state index >= 15 is 0 Å². The summed E-state index contributed by atoms with van der Waals surface area (Å²) in [5, 5.41) is 2.70. The number of unbranched alkanes of at least 4 members (excludes halogenated alkanes) is 8. The number of carbonyl (C=O) groups is 1. The number of methoxy groups -OCH3 is 2. The molecule has 0 radical (unpaired) electrons. The van der Waals surface area contributed by atoms with Gasteiger partial charge in [0.25, 0.3) is 0 Å². The summed E-state index contributed by atoms with van der Waals surface area (Å²) in [6, 6.07) is 0. The standard InChI is InChI=1S/C20H39NO3/c1-4-5-6-13-16-19(23-2)17-14-11-9-7-8-10-12-15-18-21-20(22)24-3/h11,14,19H,4-10,12-13,15-18H2,1-3H3,(H,21,22)/b14-11-. The molecule has 0 heterocycles. The van der Waals surface area contributed by atoms with Gasteiger partial charge < -0.3 is 14.8 Å². The Labute approximate surface area is 149 Å². The molecule has 1 atom stereocenters. The van der Waals surface area contributed by atoms with Gasteiger partial charge in [-0.25, -0.2) is 4.79 Å². The van der Waals surface area contributed by atoms with Gasteiger partial charge >= 0.3 is 6.09 Å². The number of ether oxygens (including phenoxy) is 2. The van der Waals surface area contributed by atoms with Crippen LogP contribution in [0.25, 0.3) is 0 Å². The molecule has 0 rings (SSSR count). The van der Waals surface area contributed by atoms with Gasteiger partial charge in [0.15, 0.2) is 0 Å². The summed E-state index contributed by atoms with van der Waals surface area (Å²) >= 11 is 0. The molecule has 0 aromatic heterocycles. The van der Waals surface area contributed by atoms with E-state index in [4.69, 9.17) is 4.74 Å². The average Bonchev–Trinajstić information content (AvgIpc) is 2.61. The Hall–Kier alpha value is -1.03. The lowest BCUT2D eigenvalue weighted by molar-refractivity contribution is 0.0952. The molecular weight excluding hydrogens is 302 g/mol. The van der Waals surface area contributed by atoms with Crippen LogP contribution in [0, 0.1) is 0 Å². The highest BCUT2D eigenvalue weighted by Gasteiger charge is 2.04. The maximum absolute atomic E-state index is 10.9. The number of amides is 1.